The van der Waals surface area contributed by atoms with Crippen molar-refractivity contribution in [2.75, 3.05) is 25.0 Å². The molecule has 1 unspecified atom stereocenters. The van der Waals surface area contributed by atoms with Crippen molar-refractivity contribution in [3.05, 3.63) is 29.8 Å². The van der Waals surface area contributed by atoms with Gasteiger partial charge in [0.05, 0.1) is 6.54 Å². The highest BCUT2D eigenvalue weighted by Crippen LogP contribution is 2.11. The number of benzene rings is 1. The van der Waals surface area contributed by atoms with Gasteiger partial charge in [0, 0.05) is 12.2 Å². The molecule has 1 fully saturated rings. The molecule has 0 aromatic heterocycles. The van der Waals surface area contributed by atoms with Crippen molar-refractivity contribution in [2.45, 2.75) is 13.0 Å². The molecule has 0 bridgehead atoms. The largest absolute Gasteiger partial charge is 0.443 e. The predicted octanol–water partition coefficient (Wildman–Crippen LogP) is 0.713. The van der Waals surface area contributed by atoms with Gasteiger partial charge in [-0.25, -0.2) is 4.79 Å². The van der Waals surface area contributed by atoms with Gasteiger partial charge in [-0.1, -0.05) is 17.7 Å². The third-order valence-electron chi connectivity index (χ3n) is 2.88. The zero-order chi connectivity index (χ0) is 13.8. The molecule has 1 atom stereocenters. The summed E-state index contributed by atoms with van der Waals surface area (Å²) in [7, 11) is 0. The Balaban J connectivity index is 1.88. The first-order valence-corrected chi connectivity index (χ1v) is 6.10. The number of carbonyl (C=O) groups excluding carboxylic acids is 2. The number of carbonyl (C=O) groups is 2. The van der Waals surface area contributed by atoms with E-state index in [0.717, 1.165) is 5.56 Å². The molecule has 0 saturated carbocycles. The van der Waals surface area contributed by atoms with Crippen molar-refractivity contribution in [1.82, 2.24) is 4.90 Å². The van der Waals surface area contributed by atoms with Crippen LogP contribution < -0.4 is 11.1 Å². The topological polar surface area (TPSA) is 84.7 Å². The molecule has 0 spiro atoms. The van der Waals surface area contributed by atoms with E-state index in [-0.39, 0.29) is 25.1 Å². The zero-order valence-corrected chi connectivity index (χ0v) is 10.8. The third-order valence-corrected chi connectivity index (χ3v) is 2.88. The molecule has 102 valence electrons. The van der Waals surface area contributed by atoms with Gasteiger partial charge in [-0.3, -0.25) is 9.69 Å². The van der Waals surface area contributed by atoms with Crippen molar-refractivity contribution < 1.29 is 14.3 Å². The number of ether oxygens (including phenoxy) is 1. The van der Waals surface area contributed by atoms with Crippen molar-refractivity contribution in [1.29, 1.82) is 0 Å². The van der Waals surface area contributed by atoms with Crippen LogP contribution in [0.25, 0.3) is 0 Å². The van der Waals surface area contributed by atoms with Crippen LogP contribution in [0.3, 0.4) is 0 Å². The molecule has 1 saturated heterocycles. The van der Waals surface area contributed by atoms with Gasteiger partial charge >= 0.3 is 6.09 Å². The summed E-state index contributed by atoms with van der Waals surface area (Å²) in [5.74, 6) is -0.251. The average molecular weight is 263 g/mol. The fraction of sp³-hybridized carbons (Fsp3) is 0.385. The van der Waals surface area contributed by atoms with Gasteiger partial charge in [-0.05, 0) is 19.1 Å². The number of rotatable bonds is 4. The summed E-state index contributed by atoms with van der Waals surface area (Å²) in [5, 5.41) is 2.73. The van der Waals surface area contributed by atoms with Crippen molar-refractivity contribution in [3.8, 4) is 0 Å². The second-order valence-corrected chi connectivity index (χ2v) is 4.54. The minimum atomic E-state index is -0.491. The second-order valence-electron chi connectivity index (χ2n) is 4.54. The molecule has 0 aliphatic carbocycles. The van der Waals surface area contributed by atoms with E-state index in [4.69, 9.17) is 10.5 Å². The lowest BCUT2D eigenvalue weighted by atomic mass is 10.2. The molecule has 6 heteroatoms. The lowest BCUT2D eigenvalue weighted by Gasteiger charge is -2.12. The number of nitrogens with zero attached hydrogens (tertiary/aromatic N) is 1. The highest BCUT2D eigenvalue weighted by atomic mass is 16.6. The number of hydrogen-bond acceptors (Lipinski definition) is 4. The van der Waals surface area contributed by atoms with Crippen LogP contribution in [0.15, 0.2) is 24.3 Å². The first-order chi connectivity index (χ1) is 9.08. The van der Waals surface area contributed by atoms with E-state index < -0.39 is 6.09 Å². The molecular formula is C13H17N3O3. The Labute approximate surface area is 111 Å². The lowest BCUT2D eigenvalue weighted by Crippen LogP contribution is -2.35. The monoisotopic (exact) mass is 263 g/mol. The van der Waals surface area contributed by atoms with Crippen LogP contribution >= 0.6 is 0 Å². The predicted molar refractivity (Wildman–Crippen MR) is 70.7 cm³/mol. The van der Waals surface area contributed by atoms with Gasteiger partial charge in [0.1, 0.15) is 12.6 Å². The van der Waals surface area contributed by atoms with Crippen LogP contribution in [-0.2, 0) is 9.53 Å². The summed E-state index contributed by atoms with van der Waals surface area (Å²) >= 11 is 0. The number of hydrogen-bond donors (Lipinski definition) is 2. The van der Waals surface area contributed by atoms with E-state index in [1.54, 1.807) is 0 Å². The Kier molecular flexibility index (Phi) is 4.01. The van der Waals surface area contributed by atoms with Crippen LogP contribution in [-0.4, -0.2) is 42.6 Å². The lowest BCUT2D eigenvalue weighted by molar-refractivity contribution is -0.116. The van der Waals surface area contributed by atoms with Crippen molar-refractivity contribution in [3.63, 3.8) is 0 Å². The first-order valence-electron chi connectivity index (χ1n) is 6.10. The Morgan fingerprint density at radius 2 is 2.16 bits per heavy atom. The molecule has 1 aromatic carbocycles. The smallest absolute Gasteiger partial charge is 0.410 e. The molecule has 1 heterocycles. The van der Waals surface area contributed by atoms with E-state index in [9.17, 15) is 9.59 Å². The Morgan fingerprint density at radius 3 is 2.74 bits per heavy atom. The molecule has 6 nitrogen and oxygen atoms in total. The number of nitrogens with two attached hydrogens (primary N) is 1. The summed E-state index contributed by atoms with van der Waals surface area (Å²) in [6, 6.07) is 7.45. The van der Waals surface area contributed by atoms with E-state index in [2.05, 4.69) is 5.32 Å². The van der Waals surface area contributed by atoms with Gasteiger partial charge in [-0.15, -0.1) is 0 Å². The molecule has 2 rings (SSSR count). The Hall–Kier alpha value is -2.08. The average Bonchev–Trinajstić information content (AvgIpc) is 2.73. The Bertz CT molecular complexity index is 473. The standard InChI is InChI=1S/C13H17N3O3/c1-9-2-4-10(5-3-9)15-12(17)8-16-7-11(6-14)19-13(16)18/h2-5,11H,6-8,14H2,1H3,(H,15,17). The maximum absolute atomic E-state index is 11.8. The van der Waals surface area contributed by atoms with Gasteiger partial charge in [-0.2, -0.15) is 0 Å². The molecule has 1 aliphatic heterocycles. The Morgan fingerprint density at radius 1 is 1.47 bits per heavy atom. The molecule has 2 amide bonds. The van der Waals surface area contributed by atoms with Crippen molar-refractivity contribution >= 4 is 17.7 Å². The van der Waals surface area contributed by atoms with E-state index >= 15 is 0 Å². The molecular weight excluding hydrogens is 246 g/mol. The summed E-state index contributed by atoms with van der Waals surface area (Å²) in [6.45, 7) is 2.57. The van der Waals surface area contributed by atoms with Gasteiger partial charge in [0.2, 0.25) is 5.91 Å². The molecule has 3 N–H and O–H groups in total. The van der Waals surface area contributed by atoms with Crippen LogP contribution in [0.4, 0.5) is 10.5 Å². The number of anilines is 1. The molecule has 1 aliphatic rings. The molecule has 0 radical (unpaired) electrons. The van der Waals surface area contributed by atoms with E-state index in [1.165, 1.54) is 4.90 Å². The van der Waals surface area contributed by atoms with Crippen LogP contribution in [0, 0.1) is 6.92 Å². The number of cyclic esters (lactones) is 1. The van der Waals surface area contributed by atoms with Crippen molar-refractivity contribution in [2.24, 2.45) is 5.73 Å². The zero-order valence-electron chi connectivity index (χ0n) is 10.8. The normalized spacial score (nSPS) is 18.3. The van der Waals surface area contributed by atoms with E-state index in [0.29, 0.717) is 12.2 Å². The molecule has 19 heavy (non-hydrogen) atoms. The maximum Gasteiger partial charge on any atom is 0.410 e. The fourth-order valence-corrected chi connectivity index (χ4v) is 1.84. The van der Waals surface area contributed by atoms with Gasteiger partial charge < -0.3 is 15.8 Å². The summed E-state index contributed by atoms with van der Waals surface area (Å²) in [5.41, 5.74) is 7.25. The first kappa shape index (κ1) is 13.4. The second kappa shape index (κ2) is 5.71. The highest BCUT2D eigenvalue weighted by Gasteiger charge is 2.31. The third kappa shape index (κ3) is 3.45. The molecule has 1 aromatic rings. The van der Waals surface area contributed by atoms with Gasteiger partial charge in [0.15, 0.2) is 0 Å². The number of aryl methyl sites for hydroxylation is 1. The number of amides is 2. The fourth-order valence-electron chi connectivity index (χ4n) is 1.84. The maximum atomic E-state index is 11.8. The van der Waals surface area contributed by atoms with Gasteiger partial charge in [0.25, 0.3) is 0 Å². The van der Waals surface area contributed by atoms with Crippen LogP contribution in [0.2, 0.25) is 0 Å². The van der Waals surface area contributed by atoms with Crippen LogP contribution in [0.1, 0.15) is 5.56 Å². The minimum absolute atomic E-state index is 0.0246. The minimum Gasteiger partial charge on any atom is -0.443 e. The highest BCUT2D eigenvalue weighted by molar-refractivity contribution is 5.94. The van der Waals surface area contributed by atoms with E-state index in [1.807, 2.05) is 31.2 Å². The van der Waals surface area contributed by atoms with Crippen LogP contribution in [0.5, 0.6) is 0 Å². The number of nitrogens with one attached hydrogen (secondary N) is 1. The summed E-state index contributed by atoms with van der Waals surface area (Å²) in [4.78, 5) is 24.6. The summed E-state index contributed by atoms with van der Waals surface area (Å²) in [6.07, 6.45) is -0.811. The summed E-state index contributed by atoms with van der Waals surface area (Å²) < 4.78 is 4.97. The SMILES string of the molecule is Cc1ccc(NC(=O)CN2CC(CN)OC2=O)cc1. The quantitative estimate of drug-likeness (QED) is 0.838.